The number of hydrogen-bond donors (Lipinski definition) is 3. The van der Waals surface area contributed by atoms with Gasteiger partial charge in [-0.2, -0.15) is 5.10 Å². The number of hydrogen-bond acceptors (Lipinski definition) is 8. The van der Waals surface area contributed by atoms with Crippen LogP contribution in [0.3, 0.4) is 0 Å². The smallest absolute Gasteiger partial charge is 0.274 e. The van der Waals surface area contributed by atoms with Crippen LogP contribution in [-0.4, -0.2) is 63.1 Å². The van der Waals surface area contributed by atoms with Gasteiger partial charge in [-0.1, -0.05) is 6.07 Å². The van der Waals surface area contributed by atoms with E-state index in [1.54, 1.807) is 13.1 Å². The molecule has 3 heterocycles. The summed E-state index contributed by atoms with van der Waals surface area (Å²) >= 11 is 0. The zero-order valence-corrected chi connectivity index (χ0v) is 20.2. The van der Waals surface area contributed by atoms with Crippen molar-refractivity contribution < 1.29 is 23.4 Å². The number of methoxy groups -OCH3 is 1. The number of rotatable bonds is 6. The lowest BCUT2D eigenvalue weighted by Gasteiger charge is -2.30. The quantitative estimate of drug-likeness (QED) is 0.361. The number of nitrogens with one attached hydrogen (secondary N) is 1. The molecular formula is C25H25F2N7O3. The van der Waals surface area contributed by atoms with Gasteiger partial charge in [0.2, 0.25) is 0 Å². The number of amides is 1. The molecule has 1 fully saturated rings. The number of aliphatic hydroxyl groups excluding tert-OH is 1. The molecule has 2 atom stereocenters. The highest BCUT2D eigenvalue weighted by Gasteiger charge is 2.35. The van der Waals surface area contributed by atoms with Gasteiger partial charge in [-0.15, -0.1) is 0 Å². The fraction of sp³-hybridized carbons (Fsp3) is 0.280. The molecular weight excluding hydrogens is 484 g/mol. The Kier molecular flexibility index (Phi) is 6.44. The Balaban J connectivity index is 1.57. The second kappa shape index (κ2) is 9.71. The normalized spacial score (nSPS) is 17.4. The number of halogens is 2. The van der Waals surface area contributed by atoms with E-state index >= 15 is 4.39 Å². The van der Waals surface area contributed by atoms with Crippen molar-refractivity contribution in [2.45, 2.75) is 18.5 Å². The van der Waals surface area contributed by atoms with Crippen LogP contribution >= 0.6 is 0 Å². The molecule has 1 aliphatic rings. The molecule has 192 valence electrons. The predicted octanol–water partition coefficient (Wildman–Crippen LogP) is 2.47. The Hall–Kier alpha value is -4.16. The van der Waals surface area contributed by atoms with Gasteiger partial charge in [-0.3, -0.25) is 9.48 Å². The summed E-state index contributed by atoms with van der Waals surface area (Å²) in [5.41, 5.74) is 7.07. The molecule has 37 heavy (non-hydrogen) atoms. The summed E-state index contributed by atoms with van der Waals surface area (Å²) in [5, 5.41) is 17.4. The number of benzene rings is 2. The van der Waals surface area contributed by atoms with Crippen LogP contribution in [-0.2, 0) is 7.05 Å². The standard InChI is InChI=1S/C25H25F2N7O3/c1-33-22-13(11-30-33)23(34-9-7-16(28)19(34)12-35)18(10-15(22)27)32-25(36)17-6-8-29-24(31-17)21-14(26)4-3-5-20(21)37-2/h3-6,8,10-11,16,19,35H,7,9,12,28H2,1-2H3,(H,32,36)/t16-,19-/m0/s1. The first-order valence-corrected chi connectivity index (χ1v) is 11.6. The Labute approximate surface area is 210 Å². The van der Waals surface area contributed by atoms with Crippen molar-refractivity contribution in [1.82, 2.24) is 19.7 Å². The molecule has 2 aromatic carbocycles. The molecule has 5 rings (SSSR count). The van der Waals surface area contributed by atoms with Crippen molar-refractivity contribution in [1.29, 1.82) is 0 Å². The number of carbonyl (C=O) groups excluding carboxylic acids is 1. The van der Waals surface area contributed by atoms with Gasteiger partial charge in [-0.05, 0) is 24.6 Å². The maximum absolute atomic E-state index is 15.1. The molecule has 1 saturated heterocycles. The summed E-state index contributed by atoms with van der Waals surface area (Å²) in [6.07, 6.45) is 3.45. The number of nitrogens with zero attached hydrogens (tertiary/aromatic N) is 5. The van der Waals surface area contributed by atoms with E-state index in [4.69, 9.17) is 10.5 Å². The second-order valence-electron chi connectivity index (χ2n) is 8.72. The Morgan fingerprint density at radius 2 is 2.11 bits per heavy atom. The van der Waals surface area contributed by atoms with Crippen LogP contribution in [0.2, 0.25) is 0 Å². The fourth-order valence-corrected chi connectivity index (χ4v) is 4.78. The van der Waals surface area contributed by atoms with Crippen LogP contribution in [0.15, 0.2) is 42.7 Å². The third-order valence-corrected chi connectivity index (χ3v) is 6.57. The summed E-state index contributed by atoms with van der Waals surface area (Å²) in [7, 11) is 3.01. The molecule has 2 aromatic heterocycles. The number of ether oxygens (including phenoxy) is 1. The first-order valence-electron chi connectivity index (χ1n) is 11.6. The first-order chi connectivity index (χ1) is 17.8. The van der Waals surface area contributed by atoms with Gasteiger partial charge in [-0.25, -0.2) is 18.7 Å². The minimum absolute atomic E-state index is 0.0139. The number of carbonyl (C=O) groups is 1. The van der Waals surface area contributed by atoms with Gasteiger partial charge >= 0.3 is 0 Å². The molecule has 10 nitrogen and oxygen atoms in total. The van der Waals surface area contributed by atoms with Crippen molar-refractivity contribution in [2.75, 3.05) is 30.5 Å². The molecule has 4 aromatic rings. The van der Waals surface area contributed by atoms with Crippen molar-refractivity contribution >= 4 is 28.2 Å². The summed E-state index contributed by atoms with van der Waals surface area (Å²) < 4.78 is 36.4. The Morgan fingerprint density at radius 1 is 1.30 bits per heavy atom. The summed E-state index contributed by atoms with van der Waals surface area (Å²) in [4.78, 5) is 23.5. The number of nitrogens with two attached hydrogens (primary N) is 1. The molecule has 0 unspecified atom stereocenters. The van der Waals surface area contributed by atoms with Crippen molar-refractivity contribution in [3.8, 4) is 17.1 Å². The van der Waals surface area contributed by atoms with Crippen molar-refractivity contribution in [3.05, 3.63) is 60.1 Å². The third-order valence-electron chi connectivity index (χ3n) is 6.57. The highest BCUT2D eigenvalue weighted by Crippen LogP contribution is 2.40. The van der Waals surface area contributed by atoms with Crippen molar-refractivity contribution in [2.24, 2.45) is 12.8 Å². The van der Waals surface area contributed by atoms with Gasteiger partial charge < -0.3 is 25.8 Å². The molecule has 0 spiro atoms. The minimum atomic E-state index is -0.660. The van der Waals surface area contributed by atoms with Gasteiger partial charge in [0.15, 0.2) is 11.6 Å². The highest BCUT2D eigenvalue weighted by atomic mass is 19.1. The molecule has 0 radical (unpaired) electrons. The van der Waals surface area contributed by atoms with Crippen LogP contribution in [0.25, 0.3) is 22.3 Å². The van der Waals surface area contributed by atoms with Crippen molar-refractivity contribution in [3.63, 3.8) is 0 Å². The van der Waals surface area contributed by atoms with Crippen LogP contribution < -0.4 is 20.7 Å². The average molecular weight is 510 g/mol. The number of aliphatic hydroxyl groups is 1. The first kappa shape index (κ1) is 24.5. The predicted molar refractivity (Wildman–Crippen MR) is 133 cm³/mol. The van der Waals surface area contributed by atoms with E-state index in [9.17, 15) is 14.3 Å². The Bertz CT molecular complexity index is 1490. The van der Waals surface area contributed by atoms with Crippen LogP contribution in [0.4, 0.5) is 20.2 Å². The zero-order valence-electron chi connectivity index (χ0n) is 20.2. The molecule has 1 amide bonds. The molecule has 12 heteroatoms. The fourth-order valence-electron chi connectivity index (χ4n) is 4.78. The summed E-state index contributed by atoms with van der Waals surface area (Å²) in [6, 6.07) is 6.14. The van der Waals surface area contributed by atoms with E-state index in [1.165, 1.54) is 48.5 Å². The SMILES string of the molecule is COc1cccc(F)c1-c1nccc(C(=O)Nc2cc(F)c3c(cnn3C)c2N2CC[C@H](N)[C@@H]2CO)n1. The summed E-state index contributed by atoms with van der Waals surface area (Å²) in [5.74, 6) is -1.68. The monoisotopic (exact) mass is 509 g/mol. The molecule has 0 aliphatic carbocycles. The zero-order chi connectivity index (χ0) is 26.3. The van der Waals surface area contributed by atoms with Crippen LogP contribution in [0, 0.1) is 11.6 Å². The minimum Gasteiger partial charge on any atom is -0.496 e. The maximum atomic E-state index is 15.1. The lowest BCUT2D eigenvalue weighted by atomic mass is 10.1. The molecule has 0 saturated carbocycles. The van der Waals surface area contributed by atoms with E-state index in [0.717, 1.165) is 0 Å². The van der Waals surface area contributed by atoms with Gasteiger partial charge in [0, 0.05) is 37.3 Å². The topological polar surface area (TPSA) is 131 Å². The molecule has 1 aliphatic heterocycles. The molecule has 4 N–H and O–H groups in total. The lowest BCUT2D eigenvalue weighted by molar-refractivity contribution is 0.102. The van der Waals surface area contributed by atoms with E-state index in [1.807, 2.05) is 4.90 Å². The van der Waals surface area contributed by atoms with E-state index in [0.29, 0.717) is 24.0 Å². The van der Waals surface area contributed by atoms with E-state index in [2.05, 4.69) is 20.4 Å². The second-order valence-corrected chi connectivity index (χ2v) is 8.72. The third kappa shape index (κ3) is 4.23. The van der Waals surface area contributed by atoms with Crippen LogP contribution in [0.1, 0.15) is 16.9 Å². The number of fused-ring (bicyclic) bond motifs is 1. The van der Waals surface area contributed by atoms with E-state index < -0.39 is 23.6 Å². The Morgan fingerprint density at radius 3 is 2.86 bits per heavy atom. The number of aromatic nitrogens is 4. The molecule has 0 bridgehead atoms. The van der Waals surface area contributed by atoms with Gasteiger partial charge in [0.25, 0.3) is 5.91 Å². The highest BCUT2D eigenvalue weighted by molar-refractivity contribution is 6.09. The van der Waals surface area contributed by atoms with Gasteiger partial charge in [0.05, 0.1) is 42.9 Å². The van der Waals surface area contributed by atoms with Crippen LogP contribution in [0.5, 0.6) is 5.75 Å². The largest absolute Gasteiger partial charge is 0.496 e. The summed E-state index contributed by atoms with van der Waals surface area (Å²) in [6.45, 7) is 0.281. The number of aryl methyl sites for hydroxylation is 1. The van der Waals surface area contributed by atoms with Gasteiger partial charge in [0.1, 0.15) is 22.8 Å². The lowest BCUT2D eigenvalue weighted by Crippen LogP contribution is -2.42. The maximum Gasteiger partial charge on any atom is 0.274 e. The van der Waals surface area contributed by atoms with E-state index in [-0.39, 0.29) is 46.7 Å². The average Bonchev–Trinajstić information content (AvgIpc) is 3.46. The number of anilines is 2.